The molecule has 1 fully saturated rings. The first-order valence-electron chi connectivity index (χ1n) is 6.37. The number of ether oxygens (including phenoxy) is 3. The molecule has 0 radical (unpaired) electrons. The molecule has 0 bridgehead atoms. The third kappa shape index (κ3) is 2.20. The highest BCUT2D eigenvalue weighted by Crippen LogP contribution is 2.56. The molecule has 100 valence electrons. The summed E-state index contributed by atoms with van der Waals surface area (Å²) in [6, 6.07) is 0. The lowest BCUT2D eigenvalue weighted by atomic mass is 9.81. The molecule has 0 saturated carbocycles. The summed E-state index contributed by atoms with van der Waals surface area (Å²) in [7, 11) is 1.63. The highest BCUT2D eigenvalue weighted by Gasteiger charge is 2.76. The van der Waals surface area contributed by atoms with Crippen molar-refractivity contribution in [1.82, 2.24) is 0 Å². The third-order valence-corrected chi connectivity index (χ3v) is 3.50. The lowest BCUT2D eigenvalue weighted by Gasteiger charge is -2.21. The van der Waals surface area contributed by atoms with Crippen molar-refractivity contribution >= 4 is 5.97 Å². The standard InChI is InChI=1S/C13H24O4/c1-6-8-12(11(14)16-7-2)13(17-12,9-15-5)10(3)4/h10H,6-9H2,1-5H3. The van der Waals surface area contributed by atoms with Crippen molar-refractivity contribution in [2.24, 2.45) is 5.92 Å². The van der Waals surface area contributed by atoms with Gasteiger partial charge in [-0.2, -0.15) is 0 Å². The number of methoxy groups -OCH3 is 1. The van der Waals surface area contributed by atoms with Crippen LogP contribution in [0, 0.1) is 5.92 Å². The van der Waals surface area contributed by atoms with Gasteiger partial charge in [0.15, 0.2) is 5.60 Å². The van der Waals surface area contributed by atoms with Gasteiger partial charge in [0.05, 0.1) is 13.2 Å². The van der Waals surface area contributed by atoms with Gasteiger partial charge in [0.25, 0.3) is 0 Å². The molecular weight excluding hydrogens is 220 g/mol. The molecule has 4 nitrogen and oxygen atoms in total. The monoisotopic (exact) mass is 244 g/mol. The number of esters is 1. The van der Waals surface area contributed by atoms with Crippen LogP contribution in [0.5, 0.6) is 0 Å². The van der Waals surface area contributed by atoms with E-state index in [0.717, 1.165) is 6.42 Å². The molecule has 1 rings (SSSR count). The Morgan fingerprint density at radius 1 is 1.35 bits per heavy atom. The molecule has 1 aliphatic rings. The highest BCUT2D eigenvalue weighted by atomic mass is 16.7. The first kappa shape index (κ1) is 14.5. The average Bonchev–Trinajstić information content (AvgIpc) is 2.91. The van der Waals surface area contributed by atoms with E-state index in [0.29, 0.717) is 19.6 Å². The van der Waals surface area contributed by atoms with Gasteiger partial charge in [-0.25, -0.2) is 4.79 Å². The number of hydrogen-bond acceptors (Lipinski definition) is 4. The van der Waals surface area contributed by atoms with Crippen molar-refractivity contribution < 1.29 is 19.0 Å². The van der Waals surface area contributed by atoms with Gasteiger partial charge < -0.3 is 14.2 Å². The van der Waals surface area contributed by atoms with Crippen LogP contribution in [-0.4, -0.2) is 37.5 Å². The van der Waals surface area contributed by atoms with Gasteiger partial charge in [-0.15, -0.1) is 0 Å². The Morgan fingerprint density at radius 3 is 2.41 bits per heavy atom. The summed E-state index contributed by atoms with van der Waals surface area (Å²) in [5.74, 6) is -0.0222. The second-order valence-electron chi connectivity index (χ2n) is 4.88. The van der Waals surface area contributed by atoms with Crippen LogP contribution in [0.1, 0.15) is 40.5 Å². The lowest BCUT2D eigenvalue weighted by molar-refractivity contribution is -0.150. The maximum absolute atomic E-state index is 12.1. The highest BCUT2D eigenvalue weighted by molar-refractivity contribution is 5.85. The van der Waals surface area contributed by atoms with Crippen molar-refractivity contribution in [2.75, 3.05) is 20.3 Å². The Morgan fingerprint density at radius 2 is 2.00 bits per heavy atom. The topological polar surface area (TPSA) is 48.1 Å². The van der Waals surface area contributed by atoms with Crippen molar-refractivity contribution in [3.8, 4) is 0 Å². The minimum Gasteiger partial charge on any atom is -0.464 e. The van der Waals surface area contributed by atoms with Crippen LogP contribution in [0.15, 0.2) is 0 Å². The number of rotatable bonds is 7. The molecule has 2 unspecified atom stereocenters. The molecule has 0 aromatic heterocycles. The van der Waals surface area contributed by atoms with Gasteiger partial charge in [0.1, 0.15) is 5.60 Å². The van der Waals surface area contributed by atoms with Crippen LogP contribution >= 0.6 is 0 Å². The number of carbonyl (C=O) groups excluding carboxylic acids is 1. The zero-order chi connectivity index (χ0) is 13.1. The smallest absolute Gasteiger partial charge is 0.341 e. The fraction of sp³-hybridized carbons (Fsp3) is 0.923. The predicted octanol–water partition coefficient (Wildman–Crippen LogP) is 2.16. The Bertz CT molecular complexity index is 277. The second-order valence-corrected chi connectivity index (χ2v) is 4.88. The van der Waals surface area contributed by atoms with Crippen molar-refractivity contribution in [3.05, 3.63) is 0 Å². The van der Waals surface area contributed by atoms with Gasteiger partial charge in [-0.05, 0) is 19.3 Å². The fourth-order valence-electron chi connectivity index (χ4n) is 2.58. The van der Waals surface area contributed by atoms with Crippen LogP contribution in [0.4, 0.5) is 0 Å². The molecule has 0 aliphatic carbocycles. The number of epoxide rings is 1. The molecule has 0 aromatic rings. The van der Waals surface area contributed by atoms with E-state index in [2.05, 4.69) is 13.8 Å². The fourth-order valence-corrected chi connectivity index (χ4v) is 2.58. The molecule has 0 amide bonds. The predicted molar refractivity (Wildman–Crippen MR) is 64.8 cm³/mol. The molecule has 0 N–H and O–H groups in total. The zero-order valence-corrected chi connectivity index (χ0v) is 11.5. The van der Waals surface area contributed by atoms with Gasteiger partial charge >= 0.3 is 5.97 Å². The van der Waals surface area contributed by atoms with Crippen LogP contribution in [0.2, 0.25) is 0 Å². The molecule has 2 atom stereocenters. The second kappa shape index (κ2) is 5.36. The number of carbonyl (C=O) groups is 1. The number of hydrogen-bond donors (Lipinski definition) is 0. The normalized spacial score (nSPS) is 31.6. The minimum absolute atomic E-state index is 0.221. The zero-order valence-electron chi connectivity index (χ0n) is 11.5. The summed E-state index contributed by atoms with van der Waals surface area (Å²) in [5.41, 5.74) is -1.30. The maximum atomic E-state index is 12.1. The summed E-state index contributed by atoms with van der Waals surface area (Å²) >= 11 is 0. The van der Waals surface area contributed by atoms with Gasteiger partial charge in [-0.3, -0.25) is 0 Å². The van der Waals surface area contributed by atoms with E-state index >= 15 is 0 Å². The van der Waals surface area contributed by atoms with Gasteiger partial charge in [0, 0.05) is 7.11 Å². The minimum atomic E-state index is -0.790. The Balaban J connectivity index is 2.92. The summed E-state index contributed by atoms with van der Waals surface area (Å²) in [5, 5.41) is 0. The van der Waals surface area contributed by atoms with Crippen LogP contribution in [0.3, 0.4) is 0 Å². The molecule has 1 saturated heterocycles. The molecular formula is C13H24O4. The van der Waals surface area contributed by atoms with Crippen LogP contribution in [0.25, 0.3) is 0 Å². The molecule has 1 heterocycles. The Labute approximate surface area is 104 Å². The quantitative estimate of drug-likeness (QED) is 0.508. The first-order valence-corrected chi connectivity index (χ1v) is 6.37. The van der Waals surface area contributed by atoms with Crippen molar-refractivity contribution in [1.29, 1.82) is 0 Å². The molecule has 0 spiro atoms. The van der Waals surface area contributed by atoms with Crippen LogP contribution < -0.4 is 0 Å². The van der Waals surface area contributed by atoms with E-state index in [1.807, 2.05) is 13.8 Å². The van der Waals surface area contributed by atoms with E-state index in [1.54, 1.807) is 7.11 Å². The van der Waals surface area contributed by atoms with E-state index in [-0.39, 0.29) is 11.9 Å². The third-order valence-electron chi connectivity index (χ3n) is 3.50. The molecule has 4 heteroatoms. The maximum Gasteiger partial charge on any atom is 0.341 e. The SMILES string of the molecule is CCCC1(C(=O)OCC)OC1(COC)C(C)C. The van der Waals surface area contributed by atoms with Gasteiger partial charge in [0.2, 0.25) is 0 Å². The summed E-state index contributed by atoms with van der Waals surface area (Å²) in [4.78, 5) is 12.1. The Hall–Kier alpha value is -0.610. The van der Waals surface area contributed by atoms with E-state index in [9.17, 15) is 4.79 Å². The molecule has 17 heavy (non-hydrogen) atoms. The summed E-state index contributed by atoms with van der Waals surface area (Å²) < 4.78 is 16.2. The first-order chi connectivity index (χ1) is 8.00. The van der Waals surface area contributed by atoms with E-state index in [4.69, 9.17) is 14.2 Å². The lowest BCUT2D eigenvalue weighted by Crippen LogP contribution is -2.41. The average molecular weight is 244 g/mol. The van der Waals surface area contributed by atoms with Gasteiger partial charge in [-0.1, -0.05) is 27.2 Å². The molecule has 1 aliphatic heterocycles. The summed E-state index contributed by atoms with van der Waals surface area (Å²) in [6.07, 6.45) is 1.57. The molecule has 0 aromatic carbocycles. The Kier molecular flexibility index (Phi) is 4.55. The van der Waals surface area contributed by atoms with Crippen molar-refractivity contribution in [2.45, 2.75) is 51.7 Å². The summed E-state index contributed by atoms with van der Waals surface area (Å²) in [6.45, 7) is 8.78. The van der Waals surface area contributed by atoms with Crippen molar-refractivity contribution in [3.63, 3.8) is 0 Å². The van der Waals surface area contributed by atoms with E-state index < -0.39 is 11.2 Å². The van der Waals surface area contributed by atoms with E-state index in [1.165, 1.54) is 0 Å². The van der Waals surface area contributed by atoms with Crippen LogP contribution in [-0.2, 0) is 19.0 Å². The largest absolute Gasteiger partial charge is 0.464 e.